The first-order chi connectivity index (χ1) is 12.6. The fraction of sp³-hybridized carbons (Fsp3) is 0.636. The van der Waals surface area contributed by atoms with Crippen LogP contribution in [0.3, 0.4) is 0 Å². The van der Waals surface area contributed by atoms with Crippen LogP contribution < -0.4 is 0 Å². The summed E-state index contributed by atoms with van der Waals surface area (Å²) in [6, 6.07) is 7.73. The SMILES string of the molecule is CCOC(=O)CCN(CCCOC(C)C)C(=O)c1ccc(C(C)(C)C)cc1. The Labute approximate surface area is 164 Å². The average Bonchev–Trinajstić information content (AvgIpc) is 2.60. The number of carbonyl (C=O) groups excluding carboxylic acids is 2. The third kappa shape index (κ3) is 8.57. The Morgan fingerprint density at radius 2 is 1.70 bits per heavy atom. The van der Waals surface area contributed by atoms with E-state index in [-0.39, 0.29) is 29.8 Å². The number of nitrogens with zero attached hydrogens (tertiary/aromatic N) is 1. The van der Waals surface area contributed by atoms with Gasteiger partial charge in [-0.15, -0.1) is 0 Å². The van der Waals surface area contributed by atoms with Gasteiger partial charge in [0.05, 0.1) is 19.1 Å². The van der Waals surface area contributed by atoms with Crippen LogP contribution in [0.15, 0.2) is 24.3 Å². The molecule has 1 amide bonds. The van der Waals surface area contributed by atoms with Crippen molar-refractivity contribution in [1.29, 1.82) is 0 Å². The smallest absolute Gasteiger partial charge is 0.307 e. The Morgan fingerprint density at radius 3 is 2.22 bits per heavy atom. The lowest BCUT2D eigenvalue weighted by Crippen LogP contribution is -2.35. The van der Waals surface area contributed by atoms with E-state index in [9.17, 15) is 9.59 Å². The number of hydrogen-bond donors (Lipinski definition) is 0. The molecule has 1 rings (SSSR count). The van der Waals surface area contributed by atoms with Gasteiger partial charge in [-0.2, -0.15) is 0 Å². The quantitative estimate of drug-likeness (QED) is 0.453. The normalized spacial score (nSPS) is 11.5. The minimum absolute atomic E-state index is 0.0410. The molecule has 5 heteroatoms. The van der Waals surface area contributed by atoms with Crippen molar-refractivity contribution in [3.63, 3.8) is 0 Å². The Bertz CT molecular complexity index is 587. The summed E-state index contributed by atoms with van der Waals surface area (Å²) >= 11 is 0. The van der Waals surface area contributed by atoms with Crippen LogP contribution in [0.1, 0.15) is 70.3 Å². The molecule has 0 radical (unpaired) electrons. The number of benzene rings is 1. The lowest BCUT2D eigenvalue weighted by Gasteiger charge is -2.24. The second-order valence-electron chi connectivity index (χ2n) is 7.95. The van der Waals surface area contributed by atoms with E-state index in [0.29, 0.717) is 31.9 Å². The summed E-state index contributed by atoms with van der Waals surface area (Å²) in [5.41, 5.74) is 1.86. The fourth-order valence-electron chi connectivity index (χ4n) is 2.64. The van der Waals surface area contributed by atoms with Gasteiger partial charge in [-0.1, -0.05) is 32.9 Å². The van der Waals surface area contributed by atoms with Gasteiger partial charge < -0.3 is 14.4 Å². The summed E-state index contributed by atoms with van der Waals surface area (Å²) in [4.78, 5) is 26.3. The molecular formula is C22H35NO4. The largest absolute Gasteiger partial charge is 0.466 e. The first-order valence-corrected chi connectivity index (χ1v) is 9.82. The van der Waals surface area contributed by atoms with Crippen molar-refractivity contribution < 1.29 is 19.1 Å². The van der Waals surface area contributed by atoms with Gasteiger partial charge in [-0.05, 0) is 50.3 Å². The molecule has 0 heterocycles. The predicted molar refractivity (Wildman–Crippen MR) is 108 cm³/mol. The Morgan fingerprint density at radius 1 is 1.07 bits per heavy atom. The summed E-state index contributed by atoms with van der Waals surface area (Å²) in [5.74, 6) is -0.346. The van der Waals surface area contributed by atoms with Crippen LogP contribution in [-0.2, 0) is 19.7 Å². The summed E-state index contributed by atoms with van der Waals surface area (Å²) in [5, 5.41) is 0. The van der Waals surface area contributed by atoms with Crippen LogP contribution in [0.5, 0.6) is 0 Å². The van der Waals surface area contributed by atoms with Gasteiger partial charge in [-0.25, -0.2) is 0 Å². The van der Waals surface area contributed by atoms with Crippen LogP contribution in [0.25, 0.3) is 0 Å². The van der Waals surface area contributed by atoms with Gasteiger partial charge in [0.2, 0.25) is 0 Å². The second-order valence-corrected chi connectivity index (χ2v) is 7.95. The average molecular weight is 378 g/mol. The number of rotatable bonds is 10. The van der Waals surface area contributed by atoms with Gasteiger partial charge >= 0.3 is 5.97 Å². The van der Waals surface area contributed by atoms with Crippen molar-refractivity contribution in [3.05, 3.63) is 35.4 Å². The molecule has 0 saturated heterocycles. The van der Waals surface area contributed by atoms with Gasteiger partial charge in [0, 0.05) is 25.3 Å². The Kier molecular flexibility index (Phi) is 9.50. The lowest BCUT2D eigenvalue weighted by molar-refractivity contribution is -0.143. The number of esters is 1. The molecule has 152 valence electrons. The van der Waals surface area contributed by atoms with E-state index < -0.39 is 0 Å². The van der Waals surface area contributed by atoms with Crippen LogP contribution in [-0.4, -0.2) is 49.2 Å². The maximum Gasteiger partial charge on any atom is 0.307 e. The van der Waals surface area contributed by atoms with Gasteiger partial charge in [-0.3, -0.25) is 9.59 Å². The first kappa shape index (κ1) is 23.2. The van der Waals surface area contributed by atoms with E-state index in [1.807, 2.05) is 38.1 Å². The van der Waals surface area contributed by atoms with Gasteiger partial charge in [0.25, 0.3) is 5.91 Å². The highest BCUT2D eigenvalue weighted by Gasteiger charge is 2.19. The van der Waals surface area contributed by atoms with Crippen LogP contribution >= 0.6 is 0 Å². The highest BCUT2D eigenvalue weighted by atomic mass is 16.5. The molecule has 0 aliphatic carbocycles. The molecule has 0 aliphatic rings. The number of amides is 1. The van der Waals surface area contributed by atoms with Crippen molar-refractivity contribution in [2.24, 2.45) is 0 Å². The topological polar surface area (TPSA) is 55.8 Å². The molecular weight excluding hydrogens is 342 g/mol. The number of carbonyl (C=O) groups is 2. The molecule has 27 heavy (non-hydrogen) atoms. The van der Waals surface area contributed by atoms with E-state index in [0.717, 1.165) is 6.42 Å². The van der Waals surface area contributed by atoms with E-state index in [1.54, 1.807) is 11.8 Å². The van der Waals surface area contributed by atoms with Crippen molar-refractivity contribution in [2.45, 2.75) is 65.9 Å². The minimum Gasteiger partial charge on any atom is -0.466 e. The molecule has 0 fully saturated rings. The zero-order valence-electron chi connectivity index (χ0n) is 17.7. The predicted octanol–water partition coefficient (Wildman–Crippen LogP) is 4.19. The van der Waals surface area contributed by atoms with E-state index in [2.05, 4.69) is 20.8 Å². The van der Waals surface area contributed by atoms with E-state index >= 15 is 0 Å². The maximum absolute atomic E-state index is 12.9. The van der Waals surface area contributed by atoms with E-state index in [4.69, 9.17) is 9.47 Å². The summed E-state index contributed by atoms with van der Waals surface area (Å²) in [6.07, 6.45) is 1.09. The highest BCUT2D eigenvalue weighted by molar-refractivity contribution is 5.94. The molecule has 0 unspecified atom stereocenters. The highest BCUT2D eigenvalue weighted by Crippen LogP contribution is 2.22. The molecule has 0 atom stereocenters. The monoisotopic (exact) mass is 377 g/mol. The summed E-state index contributed by atoms with van der Waals surface area (Å²) in [6.45, 7) is 14.0. The lowest BCUT2D eigenvalue weighted by atomic mass is 9.86. The minimum atomic E-state index is -0.281. The van der Waals surface area contributed by atoms with Gasteiger partial charge in [0.15, 0.2) is 0 Å². The van der Waals surface area contributed by atoms with E-state index in [1.165, 1.54) is 5.56 Å². The van der Waals surface area contributed by atoms with Gasteiger partial charge in [0.1, 0.15) is 0 Å². The first-order valence-electron chi connectivity index (χ1n) is 9.82. The van der Waals surface area contributed by atoms with Crippen LogP contribution in [0, 0.1) is 0 Å². The van der Waals surface area contributed by atoms with Crippen LogP contribution in [0.2, 0.25) is 0 Å². The molecule has 1 aromatic rings. The van der Waals surface area contributed by atoms with Crippen molar-refractivity contribution in [1.82, 2.24) is 4.90 Å². The maximum atomic E-state index is 12.9. The van der Waals surface area contributed by atoms with Crippen molar-refractivity contribution >= 4 is 11.9 Å². The molecule has 0 saturated carbocycles. The molecule has 0 aromatic heterocycles. The molecule has 0 spiro atoms. The standard InChI is InChI=1S/C22H35NO4/c1-7-26-20(24)13-15-23(14-8-16-27-17(2)3)21(25)18-9-11-19(12-10-18)22(4,5)6/h9-12,17H,7-8,13-16H2,1-6H3. The molecule has 0 N–H and O–H groups in total. The zero-order chi connectivity index (χ0) is 20.4. The summed E-state index contributed by atoms with van der Waals surface area (Å²) < 4.78 is 10.6. The van der Waals surface area contributed by atoms with Crippen molar-refractivity contribution in [3.8, 4) is 0 Å². The number of hydrogen-bond acceptors (Lipinski definition) is 4. The Balaban J connectivity index is 2.79. The second kappa shape index (κ2) is 11.1. The summed E-state index contributed by atoms with van der Waals surface area (Å²) in [7, 11) is 0. The fourth-order valence-corrected chi connectivity index (χ4v) is 2.64. The third-order valence-corrected chi connectivity index (χ3v) is 4.20. The zero-order valence-corrected chi connectivity index (χ0v) is 17.7. The molecule has 0 aliphatic heterocycles. The van der Waals surface area contributed by atoms with Crippen molar-refractivity contribution in [2.75, 3.05) is 26.3 Å². The number of ether oxygens (including phenoxy) is 2. The third-order valence-electron chi connectivity index (χ3n) is 4.20. The Hall–Kier alpha value is -1.88. The van der Waals surface area contributed by atoms with Crippen LogP contribution in [0.4, 0.5) is 0 Å². The molecule has 5 nitrogen and oxygen atoms in total. The molecule has 1 aromatic carbocycles. The molecule has 0 bridgehead atoms.